The van der Waals surface area contributed by atoms with Crippen molar-refractivity contribution in [3.8, 4) is 11.1 Å². The van der Waals surface area contributed by atoms with E-state index in [2.05, 4.69) is 28.6 Å². The van der Waals surface area contributed by atoms with Crippen molar-refractivity contribution in [1.82, 2.24) is 28.7 Å². The van der Waals surface area contributed by atoms with Crippen LogP contribution in [0, 0.1) is 5.82 Å². The van der Waals surface area contributed by atoms with E-state index in [0.717, 1.165) is 36.2 Å². The first-order chi connectivity index (χ1) is 31.3. The Morgan fingerprint density at radius 3 is 2.44 bits per heavy atom. The normalized spacial score (nSPS) is 23.3. The van der Waals surface area contributed by atoms with Crippen LogP contribution in [0.4, 0.5) is 15.1 Å². The molecule has 3 aromatic heterocycles. The minimum absolute atomic E-state index is 0.00596. The summed E-state index contributed by atoms with van der Waals surface area (Å²) in [5.74, 6) is 0.0815. The number of nitrogens with two attached hydrogens (primary N) is 1. The lowest BCUT2D eigenvalue weighted by molar-refractivity contribution is -0.0260. The van der Waals surface area contributed by atoms with Gasteiger partial charge in [-0.2, -0.15) is 0 Å². The number of aromatic amines is 1. The molecule has 2 saturated heterocycles. The van der Waals surface area contributed by atoms with Gasteiger partial charge in [-0.3, -0.25) is 9.69 Å². The predicted octanol–water partition coefficient (Wildman–Crippen LogP) is 7.60. The van der Waals surface area contributed by atoms with E-state index in [1.807, 2.05) is 62.1 Å². The number of anilines is 1. The smallest absolute Gasteiger partial charge is 0.410 e. The fourth-order valence-corrected chi connectivity index (χ4v) is 11.9. The van der Waals surface area contributed by atoms with Gasteiger partial charge in [0.2, 0.25) is 16.0 Å². The lowest BCUT2D eigenvalue weighted by Crippen LogP contribution is -2.62. The summed E-state index contributed by atoms with van der Waals surface area (Å²) in [4.78, 5) is 46.6. The summed E-state index contributed by atoms with van der Waals surface area (Å²) in [5.41, 5.74) is 7.96. The number of piperidine rings is 1. The summed E-state index contributed by atoms with van der Waals surface area (Å²) in [5, 5.41) is 1.08. The molecule has 4 aliphatic rings. The van der Waals surface area contributed by atoms with Crippen molar-refractivity contribution in [3.63, 3.8) is 0 Å². The van der Waals surface area contributed by atoms with E-state index in [4.69, 9.17) is 25.2 Å². The molecule has 9 rings (SSSR count). The second-order valence-electron chi connectivity index (χ2n) is 19.8. The molecule has 0 bridgehead atoms. The number of carbonyl (C=O) groups excluding carboxylic acids is 1. The number of amides is 1. The SMILES string of the molecule is CC1=CC=CCC1(C)S(=O)(=O)n1ccc2c(-c3ccc4nc(N5CCC(N6C[C@@H](C)N(C(=O)OC(C)(C)C)C[C@@H]6C)CC5)nc(C(CN)(OC5CC5)c5cccc(F)c5)c4c3)c[nH]c(=O)c21. The molecule has 2 aliphatic carbocycles. The Hall–Kier alpha value is -5.42. The molecular weight excluding hydrogens is 860 g/mol. The number of pyridine rings is 1. The van der Waals surface area contributed by atoms with Crippen molar-refractivity contribution in [1.29, 1.82) is 0 Å². The van der Waals surface area contributed by atoms with E-state index < -0.39 is 37.3 Å². The van der Waals surface area contributed by atoms with Crippen LogP contribution in [0.25, 0.3) is 32.9 Å². The van der Waals surface area contributed by atoms with Gasteiger partial charge in [0, 0.05) is 79.6 Å². The van der Waals surface area contributed by atoms with Gasteiger partial charge in [-0.25, -0.2) is 31.5 Å². The molecule has 1 saturated carbocycles. The molecule has 16 heteroatoms. The second-order valence-corrected chi connectivity index (χ2v) is 22.1. The number of nitrogens with zero attached hydrogens (tertiary/aromatic N) is 6. The molecule has 3 N–H and O–H groups in total. The van der Waals surface area contributed by atoms with Crippen LogP contribution in [-0.4, -0.2) is 111 Å². The third-order valence-corrected chi connectivity index (χ3v) is 16.5. The highest BCUT2D eigenvalue weighted by atomic mass is 32.2. The van der Waals surface area contributed by atoms with Gasteiger partial charge in [0.25, 0.3) is 5.56 Å². The zero-order valence-corrected chi connectivity index (χ0v) is 39.7. The van der Waals surface area contributed by atoms with Crippen LogP contribution in [0.3, 0.4) is 0 Å². The summed E-state index contributed by atoms with van der Waals surface area (Å²) >= 11 is 0. The lowest BCUT2D eigenvalue weighted by atomic mass is 9.86. The minimum Gasteiger partial charge on any atom is -0.444 e. The number of hydrogen-bond donors (Lipinski definition) is 2. The molecule has 5 aromatic rings. The summed E-state index contributed by atoms with van der Waals surface area (Å²) < 4.78 is 56.6. The highest BCUT2D eigenvalue weighted by Crippen LogP contribution is 2.44. The molecule has 3 fully saturated rings. The number of piperazine rings is 1. The highest BCUT2D eigenvalue weighted by molar-refractivity contribution is 7.91. The van der Waals surface area contributed by atoms with Crippen LogP contribution >= 0.6 is 0 Å². The number of fused-ring (bicyclic) bond motifs is 2. The summed E-state index contributed by atoms with van der Waals surface area (Å²) in [7, 11) is -4.09. The van der Waals surface area contributed by atoms with Crippen LogP contribution in [0.5, 0.6) is 0 Å². The Balaban J connectivity index is 1.10. The van der Waals surface area contributed by atoms with Crippen LogP contribution in [0.2, 0.25) is 0 Å². The maximum absolute atomic E-state index is 15.2. The molecule has 4 atom stereocenters. The van der Waals surface area contributed by atoms with E-state index in [9.17, 15) is 18.0 Å². The van der Waals surface area contributed by atoms with Gasteiger partial charge in [0.05, 0.1) is 17.3 Å². The molecule has 1 amide bonds. The first-order valence-electron chi connectivity index (χ1n) is 23.1. The standard InChI is InChI=1S/C50H61FN8O6S/c1-31-11-8-9-21-49(31,7)66(62,63)59-24-20-39-41(27-53-45(60)43(39)59)34-14-17-42-40(25-34)44(50(30-52,64-38-15-16-38)35-12-10-13-36(51)26-35)55-46(54-42)56-22-18-37(19-23-56)57-28-33(3)58(29-32(57)2)47(61)65-48(4,5)6/h8-14,17,20,24-27,32-33,37-38H,15-16,18-19,21-23,28-30,52H2,1-7H3,(H,53,60)/t32-,33+,49?,50?/m0/s1. The topological polar surface area (TPSA) is 169 Å². The number of benzene rings is 2. The van der Waals surface area contributed by atoms with Crippen LogP contribution in [0.1, 0.15) is 91.8 Å². The number of aromatic nitrogens is 4. The number of ether oxygens (including phenoxy) is 2. The van der Waals surface area contributed by atoms with Gasteiger partial charge in [-0.15, -0.1) is 0 Å². The van der Waals surface area contributed by atoms with Gasteiger partial charge in [-0.1, -0.05) is 42.0 Å². The van der Waals surface area contributed by atoms with E-state index in [1.54, 1.807) is 38.3 Å². The zero-order chi connectivity index (χ0) is 46.9. The quantitative estimate of drug-likeness (QED) is 0.142. The van der Waals surface area contributed by atoms with Crippen LogP contribution < -0.4 is 16.2 Å². The molecule has 0 radical (unpaired) electrons. The Bertz CT molecular complexity index is 2930. The van der Waals surface area contributed by atoms with Gasteiger partial charge in [-0.05, 0) is 122 Å². The predicted molar refractivity (Wildman–Crippen MR) is 255 cm³/mol. The minimum atomic E-state index is -4.09. The Morgan fingerprint density at radius 2 is 1.76 bits per heavy atom. The molecule has 14 nitrogen and oxygen atoms in total. The highest BCUT2D eigenvalue weighted by Gasteiger charge is 2.45. The molecule has 0 spiro atoms. The fraction of sp³-hybridized carbons (Fsp3) is 0.480. The van der Waals surface area contributed by atoms with Crippen molar-refractivity contribution in [2.45, 2.75) is 121 Å². The number of hydrogen-bond acceptors (Lipinski definition) is 11. The largest absolute Gasteiger partial charge is 0.444 e. The van der Waals surface area contributed by atoms with Gasteiger partial charge in [0.1, 0.15) is 27.3 Å². The van der Waals surface area contributed by atoms with Crippen molar-refractivity contribution in [2.24, 2.45) is 5.73 Å². The maximum Gasteiger partial charge on any atom is 0.410 e. The maximum atomic E-state index is 15.2. The first kappa shape index (κ1) is 45.7. The fourth-order valence-electron chi connectivity index (χ4n) is 10.0. The van der Waals surface area contributed by atoms with Gasteiger partial charge >= 0.3 is 6.09 Å². The van der Waals surface area contributed by atoms with E-state index in [-0.39, 0.29) is 48.8 Å². The second kappa shape index (κ2) is 17.0. The number of carbonyl (C=O) groups is 1. The van der Waals surface area contributed by atoms with Gasteiger partial charge < -0.3 is 30.0 Å². The summed E-state index contributed by atoms with van der Waals surface area (Å²) in [6.45, 7) is 16.0. The Labute approximate surface area is 385 Å². The third kappa shape index (κ3) is 8.13. The molecular formula is C50H61FN8O6S. The molecule has 2 aromatic carbocycles. The molecule has 5 heterocycles. The van der Waals surface area contributed by atoms with E-state index in [1.165, 1.54) is 18.3 Å². The Morgan fingerprint density at radius 1 is 1.00 bits per heavy atom. The number of rotatable bonds is 10. The zero-order valence-electron chi connectivity index (χ0n) is 38.9. The average Bonchev–Trinajstić information content (AvgIpc) is 3.98. The third-order valence-electron chi connectivity index (χ3n) is 14.1. The van der Waals surface area contributed by atoms with E-state index >= 15 is 4.39 Å². The van der Waals surface area contributed by atoms with Crippen molar-refractivity contribution in [2.75, 3.05) is 37.6 Å². The summed E-state index contributed by atoms with van der Waals surface area (Å²) in [6.07, 6.45) is 11.8. The van der Waals surface area contributed by atoms with Crippen LogP contribution in [0.15, 0.2) is 89.5 Å². The van der Waals surface area contributed by atoms with E-state index in [0.29, 0.717) is 69.8 Å². The number of nitrogens with one attached hydrogen (secondary N) is 1. The number of allylic oxidation sites excluding steroid dienone is 3. The first-order valence-corrected chi connectivity index (χ1v) is 24.6. The number of halogens is 1. The molecule has 2 aliphatic heterocycles. The van der Waals surface area contributed by atoms with Crippen molar-refractivity contribution < 1.29 is 27.1 Å². The van der Waals surface area contributed by atoms with Gasteiger partial charge in [0.15, 0.2) is 0 Å². The number of H-pyrrole nitrogens is 1. The molecule has 66 heavy (non-hydrogen) atoms. The monoisotopic (exact) mass is 920 g/mol. The Kier molecular flexibility index (Phi) is 11.8. The molecule has 350 valence electrons. The summed E-state index contributed by atoms with van der Waals surface area (Å²) in [6, 6.07) is 14.1. The van der Waals surface area contributed by atoms with Crippen molar-refractivity contribution in [3.05, 3.63) is 112 Å². The lowest BCUT2D eigenvalue weighted by Gasteiger charge is -2.49. The van der Waals surface area contributed by atoms with Crippen LogP contribution in [-0.2, 0) is 25.1 Å². The van der Waals surface area contributed by atoms with Crippen molar-refractivity contribution >= 4 is 43.9 Å². The average molecular weight is 921 g/mol. The molecule has 2 unspecified atom stereocenters.